The summed E-state index contributed by atoms with van der Waals surface area (Å²) in [7, 11) is -1.56. The zero-order valence-corrected chi connectivity index (χ0v) is 10.2. The summed E-state index contributed by atoms with van der Waals surface area (Å²) in [5.74, 6) is 0. The molecule has 2 heteroatoms. The maximum atomic E-state index is 9.89. The van der Waals surface area contributed by atoms with E-state index in [0.717, 1.165) is 0 Å². The zero-order chi connectivity index (χ0) is 9.99. The molecule has 0 unspecified atom stereocenters. The minimum Gasteiger partial charge on any atom is -0.393 e. The lowest BCUT2D eigenvalue weighted by Gasteiger charge is -2.39. The molecular weight excluding hydrogens is 164 g/mol. The van der Waals surface area contributed by atoms with Crippen LogP contribution in [0.2, 0.25) is 18.1 Å². The minimum atomic E-state index is -1.56. The molecule has 0 aromatic carbocycles. The second-order valence-electron chi connectivity index (χ2n) is 4.94. The molecule has 0 radical (unpaired) electrons. The minimum absolute atomic E-state index is 0.220. The van der Waals surface area contributed by atoms with E-state index in [4.69, 9.17) is 0 Å². The summed E-state index contributed by atoms with van der Waals surface area (Å²) in [5, 5.41) is 10.1. The molecule has 1 atom stereocenters. The molecule has 0 aromatic heterocycles. The average Bonchev–Trinajstić information content (AvgIpc) is 1.85. The van der Waals surface area contributed by atoms with Crippen LogP contribution < -0.4 is 0 Å². The van der Waals surface area contributed by atoms with Gasteiger partial charge in [0.2, 0.25) is 0 Å². The number of hydrogen-bond donors (Lipinski definition) is 1. The van der Waals surface area contributed by atoms with Crippen molar-refractivity contribution >= 4 is 8.07 Å². The molecule has 0 aliphatic carbocycles. The third-order valence-electron chi connectivity index (χ3n) is 3.05. The van der Waals surface area contributed by atoms with Crippen molar-refractivity contribution in [2.45, 2.75) is 51.6 Å². The summed E-state index contributed by atoms with van der Waals surface area (Å²) in [6, 6.07) is 0. The molecule has 0 bridgehead atoms. The second-order valence-corrected chi connectivity index (χ2v) is 10.5. The Hall–Kier alpha value is -0.0831. The van der Waals surface area contributed by atoms with Crippen LogP contribution in [0.15, 0.2) is 12.2 Å². The van der Waals surface area contributed by atoms with E-state index in [0.29, 0.717) is 0 Å². The number of hydrogen-bond acceptors (Lipinski definition) is 1. The van der Waals surface area contributed by atoms with Crippen LogP contribution in [0, 0.1) is 0 Å². The van der Waals surface area contributed by atoms with Crippen LogP contribution in [0.1, 0.15) is 27.7 Å². The fraction of sp³-hybridized carbons (Fsp3) is 0.800. The Balaban J connectivity index is 4.61. The van der Waals surface area contributed by atoms with E-state index in [-0.39, 0.29) is 10.8 Å². The fourth-order valence-corrected chi connectivity index (χ4v) is 2.43. The molecule has 72 valence electrons. The monoisotopic (exact) mass is 186 g/mol. The summed E-state index contributed by atoms with van der Waals surface area (Å²) in [6.45, 7) is 13.1. The van der Waals surface area contributed by atoms with Gasteiger partial charge in [-0.3, -0.25) is 0 Å². The van der Waals surface area contributed by atoms with Gasteiger partial charge in [-0.05, 0) is 12.0 Å². The van der Waals surface area contributed by atoms with Gasteiger partial charge >= 0.3 is 0 Å². The molecule has 1 nitrogen and oxygen atoms in total. The third-order valence-corrected chi connectivity index (χ3v) is 8.58. The summed E-state index contributed by atoms with van der Waals surface area (Å²) in [6.07, 6.45) is 3.85. The highest BCUT2D eigenvalue weighted by Gasteiger charge is 2.40. The van der Waals surface area contributed by atoms with E-state index in [1.54, 1.807) is 0 Å². The van der Waals surface area contributed by atoms with Gasteiger partial charge in [0.25, 0.3) is 0 Å². The Morgan fingerprint density at radius 1 is 1.25 bits per heavy atom. The quantitative estimate of drug-likeness (QED) is 0.519. The van der Waals surface area contributed by atoms with Crippen molar-refractivity contribution in [3.05, 3.63) is 12.2 Å². The zero-order valence-electron chi connectivity index (χ0n) is 9.18. The summed E-state index contributed by atoms with van der Waals surface area (Å²) >= 11 is 0. The molecule has 0 aliphatic heterocycles. The molecule has 0 heterocycles. The highest BCUT2D eigenvalue weighted by molar-refractivity contribution is 6.81. The summed E-state index contributed by atoms with van der Waals surface area (Å²) in [5.41, 5.74) is -0.220. The van der Waals surface area contributed by atoms with Crippen LogP contribution in [-0.2, 0) is 0 Å². The van der Waals surface area contributed by atoms with Gasteiger partial charge in [-0.25, -0.2) is 0 Å². The van der Waals surface area contributed by atoms with Gasteiger partial charge < -0.3 is 5.11 Å². The number of allylic oxidation sites excluding steroid dienone is 1. The first kappa shape index (κ1) is 11.9. The maximum Gasteiger partial charge on any atom is 0.0914 e. The highest BCUT2D eigenvalue weighted by Crippen LogP contribution is 2.38. The van der Waals surface area contributed by atoms with Gasteiger partial charge in [-0.2, -0.15) is 0 Å². The average molecular weight is 186 g/mol. The topological polar surface area (TPSA) is 20.2 Å². The van der Waals surface area contributed by atoms with Crippen LogP contribution in [0.4, 0.5) is 0 Å². The highest BCUT2D eigenvalue weighted by atomic mass is 28.3. The third kappa shape index (κ3) is 2.46. The van der Waals surface area contributed by atoms with Gasteiger partial charge in [0, 0.05) is 0 Å². The van der Waals surface area contributed by atoms with Gasteiger partial charge in [0.15, 0.2) is 0 Å². The van der Waals surface area contributed by atoms with Crippen LogP contribution in [0.3, 0.4) is 0 Å². The Morgan fingerprint density at radius 2 is 1.67 bits per heavy atom. The van der Waals surface area contributed by atoms with Crippen LogP contribution in [-0.4, -0.2) is 18.9 Å². The molecule has 0 saturated heterocycles. The largest absolute Gasteiger partial charge is 0.393 e. The Bertz CT molecular complexity index is 165. The molecule has 0 saturated carbocycles. The van der Waals surface area contributed by atoms with Gasteiger partial charge in [-0.1, -0.05) is 46.0 Å². The lowest BCUT2D eigenvalue weighted by atomic mass is 10.2. The van der Waals surface area contributed by atoms with Crippen LogP contribution in [0.25, 0.3) is 0 Å². The van der Waals surface area contributed by atoms with Crippen molar-refractivity contribution in [2.24, 2.45) is 0 Å². The maximum absolute atomic E-state index is 9.89. The van der Waals surface area contributed by atoms with Gasteiger partial charge in [-0.15, -0.1) is 0 Å². The first-order valence-electron chi connectivity index (χ1n) is 4.54. The van der Waals surface area contributed by atoms with E-state index >= 15 is 0 Å². The van der Waals surface area contributed by atoms with Crippen molar-refractivity contribution < 1.29 is 5.11 Å². The van der Waals surface area contributed by atoms with Crippen molar-refractivity contribution in [3.8, 4) is 0 Å². The Kier molecular flexibility index (Phi) is 3.73. The molecular formula is C10H22OSi. The SMILES string of the molecule is CC=C[C@@H](O)[Si](C)(C)C(C)(C)C. The first-order chi connectivity index (χ1) is 5.23. The van der Waals surface area contributed by atoms with Crippen LogP contribution in [0.5, 0.6) is 0 Å². The number of aliphatic hydroxyl groups excluding tert-OH is 1. The summed E-state index contributed by atoms with van der Waals surface area (Å²) in [4.78, 5) is 0. The Labute approximate surface area is 77.5 Å². The van der Waals surface area contributed by atoms with Gasteiger partial charge in [0.05, 0.1) is 13.8 Å². The number of aliphatic hydroxyl groups is 1. The molecule has 0 spiro atoms. The molecule has 0 aromatic rings. The van der Waals surface area contributed by atoms with E-state index in [1.165, 1.54) is 0 Å². The van der Waals surface area contributed by atoms with Gasteiger partial charge in [0.1, 0.15) is 0 Å². The molecule has 0 aliphatic rings. The van der Waals surface area contributed by atoms with Crippen molar-refractivity contribution in [2.75, 3.05) is 0 Å². The van der Waals surface area contributed by atoms with Crippen molar-refractivity contribution in [1.82, 2.24) is 0 Å². The molecule has 12 heavy (non-hydrogen) atoms. The van der Waals surface area contributed by atoms with Crippen molar-refractivity contribution in [3.63, 3.8) is 0 Å². The van der Waals surface area contributed by atoms with E-state index in [1.807, 2.05) is 19.1 Å². The van der Waals surface area contributed by atoms with E-state index < -0.39 is 8.07 Å². The smallest absolute Gasteiger partial charge is 0.0914 e. The van der Waals surface area contributed by atoms with E-state index in [9.17, 15) is 5.11 Å². The molecule has 0 rings (SSSR count). The normalized spacial score (nSPS) is 16.9. The predicted octanol–water partition coefficient (Wildman–Crippen LogP) is 2.97. The van der Waals surface area contributed by atoms with E-state index in [2.05, 4.69) is 33.9 Å². The molecule has 1 N–H and O–H groups in total. The lowest BCUT2D eigenvalue weighted by molar-refractivity contribution is 0.284. The fourth-order valence-electron chi connectivity index (χ4n) is 0.867. The predicted molar refractivity (Wildman–Crippen MR) is 58.0 cm³/mol. The van der Waals surface area contributed by atoms with Crippen molar-refractivity contribution in [1.29, 1.82) is 0 Å². The first-order valence-corrected chi connectivity index (χ1v) is 7.62. The molecule has 0 fully saturated rings. The lowest BCUT2D eigenvalue weighted by Crippen LogP contribution is -2.48. The standard InChI is InChI=1S/C10H22OSi/c1-7-8-9(11)12(5,6)10(2,3)4/h7-9,11H,1-6H3/t9-/m0/s1. The number of rotatable bonds is 2. The Morgan fingerprint density at radius 3 is 1.92 bits per heavy atom. The van der Waals surface area contributed by atoms with Crippen LogP contribution >= 0.6 is 0 Å². The molecule has 0 amide bonds. The second kappa shape index (κ2) is 3.75. The summed E-state index contributed by atoms with van der Waals surface area (Å²) < 4.78 is 0.